The van der Waals surface area contributed by atoms with E-state index in [4.69, 9.17) is 0 Å². The largest absolute Gasteiger partial charge is 0.313 e. The van der Waals surface area contributed by atoms with Crippen molar-refractivity contribution in [2.45, 2.75) is 31.2 Å². The van der Waals surface area contributed by atoms with Crippen LogP contribution in [0.25, 0.3) is 0 Å². The van der Waals surface area contributed by atoms with Gasteiger partial charge in [-0.3, -0.25) is 10.1 Å². The Morgan fingerprint density at radius 2 is 2.06 bits per heavy atom. The van der Waals surface area contributed by atoms with Crippen LogP contribution in [-0.2, 0) is 0 Å². The molecule has 1 unspecified atom stereocenters. The van der Waals surface area contributed by atoms with Gasteiger partial charge in [0, 0.05) is 28.8 Å². The predicted molar refractivity (Wildman–Crippen MR) is 71.6 cm³/mol. The Kier molecular flexibility index (Phi) is 6.00. The Balaban J connectivity index is 2.39. The van der Waals surface area contributed by atoms with Crippen LogP contribution in [0.2, 0.25) is 0 Å². The summed E-state index contributed by atoms with van der Waals surface area (Å²) in [5, 5.41) is 13.9. The molecule has 0 saturated carbocycles. The van der Waals surface area contributed by atoms with E-state index in [0.29, 0.717) is 6.04 Å². The first-order valence-electron chi connectivity index (χ1n) is 5.74. The van der Waals surface area contributed by atoms with Crippen molar-refractivity contribution in [1.29, 1.82) is 0 Å². The highest BCUT2D eigenvalue weighted by atomic mass is 32.2. The minimum atomic E-state index is -0.375. The second-order valence-corrected chi connectivity index (χ2v) is 5.01. The quantitative estimate of drug-likeness (QED) is 0.461. The summed E-state index contributed by atoms with van der Waals surface area (Å²) in [7, 11) is 0. The van der Waals surface area contributed by atoms with Gasteiger partial charge in [-0.2, -0.15) is 0 Å². The predicted octanol–water partition coefficient (Wildman–Crippen LogP) is 3.08. The van der Waals surface area contributed by atoms with Gasteiger partial charge in [0.05, 0.1) is 4.92 Å². The highest BCUT2D eigenvalue weighted by Crippen LogP contribution is 2.21. The molecular formula is C12H18N2O2S. The molecule has 1 rings (SSSR count). The van der Waals surface area contributed by atoms with E-state index in [1.54, 1.807) is 36.0 Å². The molecule has 1 aromatic rings. The summed E-state index contributed by atoms with van der Waals surface area (Å²) in [6.45, 7) is 5.32. The summed E-state index contributed by atoms with van der Waals surface area (Å²) in [4.78, 5) is 11.2. The molecule has 94 valence electrons. The lowest BCUT2D eigenvalue weighted by molar-refractivity contribution is -0.384. The lowest BCUT2D eigenvalue weighted by Crippen LogP contribution is -2.28. The topological polar surface area (TPSA) is 55.2 Å². The van der Waals surface area contributed by atoms with Crippen LogP contribution >= 0.6 is 11.8 Å². The molecule has 0 radical (unpaired) electrons. The maximum atomic E-state index is 10.5. The SMILES string of the molecule is CCCNC(C)CSc1ccc([N+](=O)[O-])cc1. The number of nitro groups is 1. The van der Waals surface area contributed by atoms with E-state index in [9.17, 15) is 10.1 Å². The van der Waals surface area contributed by atoms with E-state index in [-0.39, 0.29) is 10.6 Å². The van der Waals surface area contributed by atoms with Crippen molar-refractivity contribution in [2.75, 3.05) is 12.3 Å². The van der Waals surface area contributed by atoms with Crippen LogP contribution in [0.5, 0.6) is 0 Å². The molecule has 17 heavy (non-hydrogen) atoms. The summed E-state index contributed by atoms with van der Waals surface area (Å²) in [6, 6.07) is 7.15. The maximum Gasteiger partial charge on any atom is 0.269 e. The van der Waals surface area contributed by atoms with Gasteiger partial charge in [-0.05, 0) is 32.0 Å². The van der Waals surface area contributed by atoms with Crippen molar-refractivity contribution in [1.82, 2.24) is 5.32 Å². The number of nitro benzene ring substituents is 1. The molecule has 0 aliphatic carbocycles. The first kappa shape index (κ1) is 14.0. The van der Waals surface area contributed by atoms with Crippen LogP contribution < -0.4 is 5.32 Å². The van der Waals surface area contributed by atoms with Crippen molar-refractivity contribution >= 4 is 17.4 Å². The number of thioether (sulfide) groups is 1. The van der Waals surface area contributed by atoms with Crippen molar-refractivity contribution < 1.29 is 4.92 Å². The number of non-ortho nitro benzene ring substituents is 1. The molecule has 0 bridgehead atoms. The molecule has 0 spiro atoms. The zero-order chi connectivity index (χ0) is 12.7. The molecule has 0 aromatic heterocycles. The number of rotatable bonds is 7. The normalized spacial score (nSPS) is 12.4. The van der Waals surface area contributed by atoms with Crippen LogP contribution in [-0.4, -0.2) is 23.3 Å². The Bertz CT molecular complexity index is 354. The zero-order valence-electron chi connectivity index (χ0n) is 10.2. The maximum absolute atomic E-state index is 10.5. The van der Waals surface area contributed by atoms with Crippen LogP contribution in [0.4, 0.5) is 5.69 Å². The summed E-state index contributed by atoms with van der Waals surface area (Å²) < 4.78 is 0. The van der Waals surface area contributed by atoms with Gasteiger partial charge in [-0.15, -0.1) is 11.8 Å². The van der Waals surface area contributed by atoms with Gasteiger partial charge in [-0.25, -0.2) is 0 Å². The zero-order valence-corrected chi connectivity index (χ0v) is 11.0. The van der Waals surface area contributed by atoms with Gasteiger partial charge in [-0.1, -0.05) is 6.92 Å². The van der Waals surface area contributed by atoms with Crippen molar-refractivity contribution in [3.8, 4) is 0 Å². The summed E-state index contributed by atoms with van der Waals surface area (Å²) in [5.41, 5.74) is 0.145. The van der Waals surface area contributed by atoms with E-state index >= 15 is 0 Å². The first-order chi connectivity index (χ1) is 8.13. The Labute approximate surface area is 106 Å². The summed E-state index contributed by atoms with van der Waals surface area (Å²) in [6.07, 6.45) is 1.13. The number of hydrogen-bond acceptors (Lipinski definition) is 4. The van der Waals surface area contributed by atoms with E-state index in [2.05, 4.69) is 19.2 Å². The molecular weight excluding hydrogens is 236 g/mol. The van der Waals surface area contributed by atoms with Crippen molar-refractivity contribution in [2.24, 2.45) is 0 Å². The number of nitrogens with one attached hydrogen (secondary N) is 1. The molecule has 0 amide bonds. The molecule has 0 aliphatic rings. The monoisotopic (exact) mass is 254 g/mol. The molecule has 1 atom stereocenters. The van der Waals surface area contributed by atoms with Crippen LogP contribution in [0.1, 0.15) is 20.3 Å². The average Bonchev–Trinajstić information content (AvgIpc) is 2.34. The van der Waals surface area contributed by atoms with Gasteiger partial charge >= 0.3 is 0 Å². The minimum Gasteiger partial charge on any atom is -0.313 e. The standard InChI is InChI=1S/C12H18N2O2S/c1-3-8-13-10(2)9-17-12-6-4-11(5-7-12)14(15)16/h4-7,10,13H,3,8-9H2,1-2H3. The van der Waals surface area contributed by atoms with E-state index in [0.717, 1.165) is 23.6 Å². The number of nitrogens with zero attached hydrogens (tertiary/aromatic N) is 1. The summed E-state index contributed by atoms with van der Waals surface area (Å²) >= 11 is 1.71. The third-order valence-corrected chi connectivity index (χ3v) is 3.56. The van der Waals surface area contributed by atoms with E-state index in [1.807, 2.05) is 0 Å². The van der Waals surface area contributed by atoms with Gasteiger partial charge in [0.1, 0.15) is 0 Å². The van der Waals surface area contributed by atoms with Crippen LogP contribution in [0.15, 0.2) is 29.2 Å². The molecule has 1 N–H and O–H groups in total. The van der Waals surface area contributed by atoms with E-state index in [1.165, 1.54) is 0 Å². The molecule has 5 heteroatoms. The molecule has 1 aromatic carbocycles. The molecule has 0 saturated heterocycles. The second kappa shape index (κ2) is 7.29. The third kappa shape index (κ3) is 5.19. The van der Waals surface area contributed by atoms with Gasteiger partial charge < -0.3 is 5.32 Å². The van der Waals surface area contributed by atoms with Gasteiger partial charge in [0.25, 0.3) is 5.69 Å². The molecule has 0 aliphatic heterocycles. The lowest BCUT2D eigenvalue weighted by atomic mass is 10.3. The Morgan fingerprint density at radius 1 is 1.41 bits per heavy atom. The lowest BCUT2D eigenvalue weighted by Gasteiger charge is -2.12. The fraction of sp³-hybridized carbons (Fsp3) is 0.500. The Morgan fingerprint density at radius 3 is 2.59 bits per heavy atom. The molecule has 0 fully saturated rings. The Hall–Kier alpha value is -1.07. The second-order valence-electron chi connectivity index (χ2n) is 3.92. The van der Waals surface area contributed by atoms with Crippen molar-refractivity contribution in [3.05, 3.63) is 34.4 Å². The van der Waals surface area contributed by atoms with Crippen LogP contribution in [0, 0.1) is 10.1 Å². The third-order valence-electron chi connectivity index (χ3n) is 2.29. The van der Waals surface area contributed by atoms with Gasteiger partial charge in [0.15, 0.2) is 0 Å². The van der Waals surface area contributed by atoms with Gasteiger partial charge in [0.2, 0.25) is 0 Å². The average molecular weight is 254 g/mol. The minimum absolute atomic E-state index is 0.145. The highest BCUT2D eigenvalue weighted by Gasteiger charge is 2.05. The fourth-order valence-corrected chi connectivity index (χ4v) is 2.22. The van der Waals surface area contributed by atoms with Crippen molar-refractivity contribution in [3.63, 3.8) is 0 Å². The first-order valence-corrected chi connectivity index (χ1v) is 6.72. The summed E-state index contributed by atoms with van der Waals surface area (Å²) in [5.74, 6) is 0.970. The molecule has 4 nitrogen and oxygen atoms in total. The van der Waals surface area contributed by atoms with Crippen LogP contribution in [0.3, 0.4) is 0 Å². The smallest absolute Gasteiger partial charge is 0.269 e. The number of hydrogen-bond donors (Lipinski definition) is 1. The highest BCUT2D eigenvalue weighted by molar-refractivity contribution is 7.99. The van der Waals surface area contributed by atoms with E-state index < -0.39 is 0 Å². The fourth-order valence-electron chi connectivity index (χ4n) is 1.33. The number of benzene rings is 1. The molecule has 0 heterocycles.